The van der Waals surface area contributed by atoms with Gasteiger partial charge in [-0.25, -0.2) is 0 Å². The lowest BCUT2D eigenvalue weighted by Gasteiger charge is -2.14. The van der Waals surface area contributed by atoms with Crippen molar-refractivity contribution < 1.29 is 0 Å². The number of nitrogens with zero attached hydrogens (tertiary/aromatic N) is 1. The summed E-state index contributed by atoms with van der Waals surface area (Å²) in [5.74, 6) is 0.914. The molecule has 1 aromatic carbocycles. The third-order valence-electron chi connectivity index (χ3n) is 5.04. The molecular formula is C21H35N. The maximum atomic E-state index is 2.63. The zero-order chi connectivity index (χ0) is 15.6. The molecule has 0 bridgehead atoms. The third kappa shape index (κ3) is 6.52. The van der Waals surface area contributed by atoms with Gasteiger partial charge in [0.2, 0.25) is 0 Å². The van der Waals surface area contributed by atoms with E-state index in [0.29, 0.717) is 0 Å². The minimum atomic E-state index is 0.914. The molecule has 1 heteroatoms. The summed E-state index contributed by atoms with van der Waals surface area (Å²) in [7, 11) is 0. The lowest BCUT2D eigenvalue weighted by Crippen LogP contribution is -2.21. The average Bonchev–Trinajstić information content (AvgIpc) is 2.94. The first-order valence-electron chi connectivity index (χ1n) is 9.58. The molecule has 0 aliphatic carbocycles. The van der Waals surface area contributed by atoms with Crippen LogP contribution in [0.5, 0.6) is 0 Å². The van der Waals surface area contributed by atoms with Crippen molar-refractivity contribution in [2.45, 2.75) is 71.6 Å². The number of aryl methyl sites for hydroxylation is 2. The summed E-state index contributed by atoms with van der Waals surface area (Å²) < 4.78 is 0. The van der Waals surface area contributed by atoms with Gasteiger partial charge < -0.3 is 4.90 Å². The number of benzene rings is 1. The van der Waals surface area contributed by atoms with Gasteiger partial charge in [0.05, 0.1) is 0 Å². The molecule has 0 saturated carbocycles. The molecule has 0 spiro atoms. The topological polar surface area (TPSA) is 3.24 Å². The number of hydrogen-bond donors (Lipinski definition) is 0. The molecule has 1 aromatic rings. The Morgan fingerprint density at radius 1 is 0.909 bits per heavy atom. The van der Waals surface area contributed by atoms with Crippen LogP contribution in [0, 0.1) is 5.92 Å². The van der Waals surface area contributed by atoms with Gasteiger partial charge in [0, 0.05) is 6.54 Å². The lowest BCUT2D eigenvalue weighted by molar-refractivity contribution is 0.323. The molecule has 1 aliphatic heterocycles. The molecule has 124 valence electrons. The van der Waals surface area contributed by atoms with Crippen LogP contribution in [-0.4, -0.2) is 24.5 Å². The highest BCUT2D eigenvalue weighted by atomic mass is 15.1. The van der Waals surface area contributed by atoms with Gasteiger partial charge in [0.25, 0.3) is 0 Å². The van der Waals surface area contributed by atoms with E-state index in [2.05, 4.69) is 43.0 Å². The molecule has 0 aromatic heterocycles. The molecule has 1 atom stereocenters. The van der Waals surface area contributed by atoms with Gasteiger partial charge >= 0.3 is 0 Å². The summed E-state index contributed by atoms with van der Waals surface area (Å²) in [4.78, 5) is 2.63. The average molecular weight is 302 g/mol. The summed E-state index contributed by atoms with van der Waals surface area (Å²) in [5.41, 5.74) is 3.04. The van der Waals surface area contributed by atoms with Crippen molar-refractivity contribution >= 4 is 0 Å². The van der Waals surface area contributed by atoms with Crippen LogP contribution in [0.1, 0.15) is 69.9 Å². The first-order valence-corrected chi connectivity index (χ1v) is 9.58. The van der Waals surface area contributed by atoms with Gasteiger partial charge in [-0.15, -0.1) is 0 Å². The van der Waals surface area contributed by atoms with Crippen LogP contribution < -0.4 is 0 Å². The molecule has 1 fully saturated rings. The Labute approximate surface area is 138 Å². The summed E-state index contributed by atoms with van der Waals surface area (Å²) in [6, 6.07) is 9.42. The molecular weight excluding hydrogens is 266 g/mol. The number of hydrogen-bond acceptors (Lipinski definition) is 1. The van der Waals surface area contributed by atoms with Crippen LogP contribution in [-0.2, 0) is 12.8 Å². The van der Waals surface area contributed by atoms with E-state index < -0.39 is 0 Å². The van der Waals surface area contributed by atoms with E-state index in [4.69, 9.17) is 0 Å². The summed E-state index contributed by atoms with van der Waals surface area (Å²) in [5, 5.41) is 0. The number of unbranched alkanes of at least 4 members (excludes halogenated alkanes) is 4. The van der Waals surface area contributed by atoms with Crippen LogP contribution in [0.2, 0.25) is 0 Å². The molecule has 0 N–H and O–H groups in total. The standard InChI is InChI=1S/C21H35N/c1-3-4-5-6-7-9-20-11-13-21(14-12-20)10-8-16-22-17-15-19(2)18-22/h11-14,19H,3-10,15-18H2,1-2H3. The van der Waals surface area contributed by atoms with Gasteiger partial charge in [-0.3, -0.25) is 0 Å². The SMILES string of the molecule is CCCCCCCc1ccc(CCCN2CCC(C)C2)cc1. The Hall–Kier alpha value is -0.820. The molecule has 0 radical (unpaired) electrons. The molecule has 22 heavy (non-hydrogen) atoms. The van der Waals surface area contributed by atoms with Gasteiger partial charge in [0.1, 0.15) is 0 Å². The monoisotopic (exact) mass is 301 g/mol. The second kappa shape index (κ2) is 10.0. The van der Waals surface area contributed by atoms with Gasteiger partial charge in [-0.1, -0.05) is 63.8 Å². The maximum Gasteiger partial charge on any atom is 0.000750 e. The van der Waals surface area contributed by atoms with E-state index in [0.717, 1.165) is 5.92 Å². The fourth-order valence-corrected chi connectivity index (χ4v) is 3.54. The predicted octanol–water partition coefficient (Wildman–Crippen LogP) is 5.47. The quantitative estimate of drug-likeness (QED) is 0.518. The van der Waals surface area contributed by atoms with Crippen molar-refractivity contribution in [1.29, 1.82) is 0 Å². The molecule has 1 aliphatic rings. The Balaban J connectivity index is 1.60. The van der Waals surface area contributed by atoms with Crippen molar-refractivity contribution in [2.75, 3.05) is 19.6 Å². The fraction of sp³-hybridized carbons (Fsp3) is 0.714. The van der Waals surface area contributed by atoms with Gasteiger partial charge in [-0.2, -0.15) is 0 Å². The van der Waals surface area contributed by atoms with Crippen molar-refractivity contribution in [2.24, 2.45) is 5.92 Å². The van der Waals surface area contributed by atoms with Crippen LogP contribution >= 0.6 is 0 Å². The first-order chi connectivity index (χ1) is 10.8. The summed E-state index contributed by atoms with van der Waals surface area (Å²) in [6.07, 6.45) is 12.1. The smallest absolute Gasteiger partial charge is 0.000750 e. The van der Waals surface area contributed by atoms with E-state index in [-0.39, 0.29) is 0 Å². The molecule has 0 amide bonds. The lowest BCUT2D eigenvalue weighted by atomic mass is 10.0. The van der Waals surface area contributed by atoms with Crippen LogP contribution in [0.25, 0.3) is 0 Å². The molecule has 1 saturated heterocycles. The Morgan fingerprint density at radius 3 is 2.14 bits per heavy atom. The van der Waals surface area contributed by atoms with Crippen LogP contribution in [0.4, 0.5) is 0 Å². The fourth-order valence-electron chi connectivity index (χ4n) is 3.54. The van der Waals surface area contributed by atoms with E-state index in [9.17, 15) is 0 Å². The third-order valence-corrected chi connectivity index (χ3v) is 5.04. The second-order valence-electron chi connectivity index (χ2n) is 7.28. The molecule has 1 unspecified atom stereocenters. The number of likely N-dealkylation sites (tertiary alicyclic amines) is 1. The molecule has 1 nitrogen and oxygen atoms in total. The van der Waals surface area contributed by atoms with Crippen molar-refractivity contribution in [3.63, 3.8) is 0 Å². The van der Waals surface area contributed by atoms with Gasteiger partial charge in [0.15, 0.2) is 0 Å². The zero-order valence-electron chi connectivity index (χ0n) is 14.8. The Morgan fingerprint density at radius 2 is 1.55 bits per heavy atom. The summed E-state index contributed by atoms with van der Waals surface area (Å²) >= 11 is 0. The van der Waals surface area contributed by atoms with Gasteiger partial charge in [-0.05, 0) is 62.2 Å². The number of rotatable bonds is 10. The van der Waals surface area contributed by atoms with E-state index >= 15 is 0 Å². The summed E-state index contributed by atoms with van der Waals surface area (Å²) in [6.45, 7) is 8.57. The minimum absolute atomic E-state index is 0.914. The van der Waals surface area contributed by atoms with Crippen molar-refractivity contribution in [3.05, 3.63) is 35.4 Å². The highest BCUT2D eigenvalue weighted by Gasteiger charge is 2.17. The zero-order valence-corrected chi connectivity index (χ0v) is 14.8. The minimum Gasteiger partial charge on any atom is -0.303 e. The molecule has 1 heterocycles. The Kier molecular flexibility index (Phi) is 8.01. The normalized spacial score (nSPS) is 18.9. The maximum absolute atomic E-state index is 2.63. The van der Waals surface area contributed by atoms with Crippen molar-refractivity contribution in [3.8, 4) is 0 Å². The highest BCUT2D eigenvalue weighted by Crippen LogP contribution is 2.16. The molecule has 2 rings (SSSR count). The predicted molar refractivity (Wildman–Crippen MR) is 97.4 cm³/mol. The highest BCUT2D eigenvalue weighted by molar-refractivity contribution is 5.22. The van der Waals surface area contributed by atoms with E-state index in [1.54, 1.807) is 0 Å². The van der Waals surface area contributed by atoms with E-state index in [1.807, 2.05) is 0 Å². The largest absolute Gasteiger partial charge is 0.303 e. The Bertz CT molecular complexity index is 395. The second-order valence-corrected chi connectivity index (χ2v) is 7.28. The van der Waals surface area contributed by atoms with Crippen molar-refractivity contribution in [1.82, 2.24) is 4.90 Å². The van der Waals surface area contributed by atoms with Crippen LogP contribution in [0.3, 0.4) is 0 Å². The first kappa shape index (κ1) is 17.5. The van der Waals surface area contributed by atoms with E-state index in [1.165, 1.54) is 88.5 Å². The van der Waals surface area contributed by atoms with Crippen LogP contribution in [0.15, 0.2) is 24.3 Å².